The minimum absolute atomic E-state index is 0. The molecule has 1 aromatic carbocycles. The average Bonchev–Trinajstić information content (AvgIpc) is 2.92. The molecule has 1 aliphatic heterocycles. The highest BCUT2D eigenvalue weighted by molar-refractivity contribution is 6.35. The van der Waals surface area contributed by atoms with Gasteiger partial charge in [-0.3, -0.25) is 10.1 Å². The van der Waals surface area contributed by atoms with Crippen LogP contribution in [0.3, 0.4) is 0 Å². The number of fused-ring (bicyclic) bond motifs is 1. The number of carbonyl (C=O) groups is 1. The Balaban J connectivity index is 0.00000176. The smallest absolute Gasteiger partial charge is 0.234 e. The SMILES string of the molecule is Cl.NCC1(C(=O)Nc2nc3c(Cl)cccc3[nH]2)CCOCC1. The van der Waals surface area contributed by atoms with Crippen molar-refractivity contribution in [1.29, 1.82) is 0 Å². The number of benzene rings is 1. The van der Waals surface area contributed by atoms with Crippen LogP contribution in [0.2, 0.25) is 5.02 Å². The van der Waals surface area contributed by atoms with Gasteiger partial charge in [0.25, 0.3) is 0 Å². The zero-order valence-electron chi connectivity index (χ0n) is 11.9. The summed E-state index contributed by atoms with van der Waals surface area (Å²) in [7, 11) is 0. The number of hydrogen-bond acceptors (Lipinski definition) is 4. The van der Waals surface area contributed by atoms with Gasteiger partial charge in [0.15, 0.2) is 0 Å². The van der Waals surface area contributed by atoms with Gasteiger partial charge in [0.05, 0.1) is 16.0 Å². The molecule has 1 amide bonds. The second kappa shape index (κ2) is 6.83. The van der Waals surface area contributed by atoms with E-state index in [0.717, 1.165) is 5.52 Å². The van der Waals surface area contributed by atoms with Gasteiger partial charge in [-0.25, -0.2) is 4.98 Å². The Morgan fingerprint density at radius 2 is 2.18 bits per heavy atom. The normalized spacial score (nSPS) is 17.0. The number of H-pyrrole nitrogens is 1. The molecule has 1 aromatic heterocycles. The summed E-state index contributed by atoms with van der Waals surface area (Å²) in [5.74, 6) is 0.269. The summed E-state index contributed by atoms with van der Waals surface area (Å²) in [6, 6.07) is 5.45. The highest BCUT2D eigenvalue weighted by Crippen LogP contribution is 2.31. The number of carbonyl (C=O) groups excluding carboxylic acids is 1. The van der Waals surface area contributed by atoms with Crippen molar-refractivity contribution in [3.63, 3.8) is 0 Å². The van der Waals surface area contributed by atoms with Crippen molar-refractivity contribution in [2.75, 3.05) is 25.1 Å². The molecule has 22 heavy (non-hydrogen) atoms. The van der Waals surface area contributed by atoms with Crippen LogP contribution in [0.4, 0.5) is 5.95 Å². The summed E-state index contributed by atoms with van der Waals surface area (Å²) in [5.41, 5.74) is 6.67. The van der Waals surface area contributed by atoms with Gasteiger partial charge in [0.2, 0.25) is 11.9 Å². The molecule has 0 aliphatic carbocycles. The lowest BCUT2D eigenvalue weighted by atomic mass is 9.79. The minimum atomic E-state index is -0.582. The van der Waals surface area contributed by atoms with Crippen molar-refractivity contribution >= 4 is 46.9 Å². The fourth-order valence-electron chi connectivity index (χ4n) is 2.58. The monoisotopic (exact) mass is 344 g/mol. The highest BCUT2D eigenvalue weighted by Gasteiger charge is 2.39. The van der Waals surface area contributed by atoms with Crippen LogP contribution in [-0.2, 0) is 9.53 Å². The van der Waals surface area contributed by atoms with Crippen LogP contribution in [0.1, 0.15) is 12.8 Å². The van der Waals surface area contributed by atoms with E-state index in [4.69, 9.17) is 22.1 Å². The van der Waals surface area contributed by atoms with Gasteiger partial charge in [0, 0.05) is 19.8 Å². The van der Waals surface area contributed by atoms with Crippen molar-refractivity contribution in [1.82, 2.24) is 9.97 Å². The number of imidazole rings is 1. The van der Waals surface area contributed by atoms with E-state index in [9.17, 15) is 4.79 Å². The van der Waals surface area contributed by atoms with Crippen LogP contribution < -0.4 is 11.1 Å². The Hall–Kier alpha value is -1.34. The summed E-state index contributed by atoms with van der Waals surface area (Å²) in [4.78, 5) is 19.9. The molecule has 0 atom stereocenters. The summed E-state index contributed by atoms with van der Waals surface area (Å²) in [5, 5.41) is 3.37. The molecule has 0 saturated carbocycles. The first-order valence-electron chi connectivity index (χ1n) is 6.88. The number of nitrogens with one attached hydrogen (secondary N) is 2. The van der Waals surface area contributed by atoms with Gasteiger partial charge >= 0.3 is 0 Å². The van der Waals surface area contributed by atoms with Gasteiger partial charge in [-0.1, -0.05) is 17.7 Å². The van der Waals surface area contributed by atoms with Gasteiger partial charge in [-0.15, -0.1) is 12.4 Å². The number of halogens is 2. The molecule has 2 heterocycles. The number of hydrogen-bond donors (Lipinski definition) is 3. The van der Waals surface area contributed by atoms with Gasteiger partial charge < -0.3 is 15.5 Å². The standard InChI is InChI=1S/C14H17ClN4O2.ClH/c15-9-2-1-3-10-11(9)18-13(17-10)19-12(20)14(8-16)4-6-21-7-5-14;/h1-3H,4-8,16H2,(H2,17,18,19,20);1H. The lowest BCUT2D eigenvalue weighted by Gasteiger charge is -2.34. The molecular weight excluding hydrogens is 327 g/mol. The Bertz CT molecular complexity index is 668. The van der Waals surface area contributed by atoms with Crippen LogP contribution in [-0.4, -0.2) is 35.6 Å². The summed E-state index contributed by atoms with van der Waals surface area (Å²) in [6.07, 6.45) is 1.24. The topological polar surface area (TPSA) is 93.0 Å². The van der Waals surface area contributed by atoms with Crippen molar-refractivity contribution in [3.05, 3.63) is 23.2 Å². The van der Waals surface area contributed by atoms with Crippen molar-refractivity contribution in [2.24, 2.45) is 11.1 Å². The van der Waals surface area contributed by atoms with E-state index in [-0.39, 0.29) is 18.3 Å². The second-order valence-corrected chi connectivity index (χ2v) is 5.68. The molecular formula is C14H18Cl2N4O2. The van der Waals surface area contributed by atoms with Crippen molar-refractivity contribution in [2.45, 2.75) is 12.8 Å². The molecule has 3 rings (SSSR count). The van der Waals surface area contributed by atoms with Crippen LogP contribution in [0, 0.1) is 5.41 Å². The zero-order valence-corrected chi connectivity index (χ0v) is 13.5. The molecule has 8 heteroatoms. The number of ether oxygens (including phenoxy) is 1. The average molecular weight is 345 g/mol. The highest BCUT2D eigenvalue weighted by atomic mass is 35.5. The largest absolute Gasteiger partial charge is 0.381 e. The molecule has 2 aromatic rings. The number of nitrogens with two attached hydrogens (primary N) is 1. The maximum Gasteiger partial charge on any atom is 0.234 e. The quantitative estimate of drug-likeness (QED) is 0.796. The van der Waals surface area contributed by atoms with Gasteiger partial charge in [-0.05, 0) is 25.0 Å². The number of nitrogens with zero attached hydrogens (tertiary/aromatic N) is 1. The number of para-hydroxylation sites is 1. The Morgan fingerprint density at radius 3 is 2.82 bits per heavy atom. The van der Waals surface area contributed by atoms with E-state index in [1.807, 2.05) is 12.1 Å². The lowest BCUT2D eigenvalue weighted by Crippen LogP contribution is -2.46. The molecule has 0 bridgehead atoms. The third-order valence-corrected chi connectivity index (χ3v) is 4.32. The Kier molecular flexibility index (Phi) is 5.28. The van der Waals surface area contributed by atoms with E-state index in [0.29, 0.717) is 49.1 Å². The maximum atomic E-state index is 12.5. The van der Waals surface area contributed by atoms with Crippen molar-refractivity contribution < 1.29 is 9.53 Å². The number of amides is 1. The van der Waals surface area contributed by atoms with Gasteiger partial charge in [-0.2, -0.15) is 0 Å². The third-order valence-electron chi connectivity index (χ3n) is 4.02. The first kappa shape index (κ1) is 17.0. The van der Waals surface area contributed by atoms with Crippen molar-refractivity contribution in [3.8, 4) is 0 Å². The number of anilines is 1. The van der Waals surface area contributed by atoms with E-state index < -0.39 is 5.41 Å². The fourth-order valence-corrected chi connectivity index (χ4v) is 2.80. The first-order valence-corrected chi connectivity index (χ1v) is 7.26. The summed E-state index contributed by atoms with van der Waals surface area (Å²) < 4.78 is 5.31. The molecule has 0 radical (unpaired) electrons. The van der Waals surface area contributed by atoms with E-state index in [1.165, 1.54) is 0 Å². The predicted molar refractivity (Wildman–Crippen MR) is 88.5 cm³/mol. The van der Waals surface area contributed by atoms with Crippen LogP contribution in [0.5, 0.6) is 0 Å². The molecule has 0 spiro atoms. The van der Waals surface area contributed by atoms with E-state index >= 15 is 0 Å². The van der Waals surface area contributed by atoms with Crippen LogP contribution >= 0.6 is 24.0 Å². The number of aromatic amines is 1. The molecule has 1 aliphatic rings. The molecule has 1 fully saturated rings. The third kappa shape index (κ3) is 3.05. The van der Waals surface area contributed by atoms with Gasteiger partial charge in [0.1, 0.15) is 5.52 Å². The molecule has 4 N–H and O–H groups in total. The predicted octanol–water partition coefficient (Wildman–Crippen LogP) is 2.33. The second-order valence-electron chi connectivity index (χ2n) is 5.27. The molecule has 120 valence electrons. The first-order chi connectivity index (χ1) is 10.1. The lowest BCUT2D eigenvalue weighted by molar-refractivity contribution is -0.130. The number of rotatable bonds is 3. The Labute approximate surface area is 139 Å². The minimum Gasteiger partial charge on any atom is -0.381 e. The molecule has 6 nitrogen and oxygen atoms in total. The molecule has 1 saturated heterocycles. The summed E-state index contributed by atoms with van der Waals surface area (Å²) in [6.45, 7) is 1.40. The van der Waals surface area contributed by atoms with E-state index in [2.05, 4.69) is 15.3 Å². The fraction of sp³-hybridized carbons (Fsp3) is 0.429. The maximum absolute atomic E-state index is 12.5. The zero-order chi connectivity index (χ0) is 14.9. The van der Waals surface area contributed by atoms with Crippen LogP contribution in [0.25, 0.3) is 11.0 Å². The summed E-state index contributed by atoms with van der Waals surface area (Å²) >= 11 is 6.08. The molecule has 0 unspecified atom stereocenters. The number of aromatic nitrogens is 2. The van der Waals surface area contributed by atoms with E-state index in [1.54, 1.807) is 6.07 Å². The Morgan fingerprint density at radius 1 is 1.45 bits per heavy atom. The van der Waals surface area contributed by atoms with Crippen LogP contribution in [0.15, 0.2) is 18.2 Å².